The summed E-state index contributed by atoms with van der Waals surface area (Å²) < 4.78 is 11.0. The fraction of sp³-hybridized carbons (Fsp3) is 0.333. The molecule has 0 saturated carbocycles. The van der Waals surface area contributed by atoms with E-state index in [1.807, 2.05) is 6.92 Å². The number of fused-ring (bicyclic) bond motifs is 1. The van der Waals surface area contributed by atoms with Crippen LogP contribution in [0.5, 0.6) is 11.5 Å². The number of ether oxygens (including phenoxy) is 2. The van der Waals surface area contributed by atoms with Crippen molar-refractivity contribution in [2.45, 2.75) is 6.92 Å². The summed E-state index contributed by atoms with van der Waals surface area (Å²) in [5, 5.41) is 13.6. The zero-order valence-electron chi connectivity index (χ0n) is 17.4. The van der Waals surface area contributed by atoms with Gasteiger partial charge in [0.25, 0.3) is 5.69 Å². The Kier molecular flexibility index (Phi) is 7.03. The van der Waals surface area contributed by atoms with E-state index in [0.29, 0.717) is 42.6 Å². The highest BCUT2D eigenvalue weighted by Gasteiger charge is 2.19. The second-order valence-corrected chi connectivity index (χ2v) is 6.94. The van der Waals surface area contributed by atoms with Crippen molar-refractivity contribution >= 4 is 28.9 Å². The molecule has 31 heavy (non-hydrogen) atoms. The molecule has 164 valence electrons. The topological polar surface area (TPSA) is 114 Å². The molecule has 0 fully saturated rings. The number of carbonyl (C=O) groups excluding carboxylic acids is 2. The quantitative estimate of drug-likeness (QED) is 0.507. The summed E-state index contributed by atoms with van der Waals surface area (Å²) in [6, 6.07) is 10.9. The molecule has 0 atom stereocenters. The summed E-state index contributed by atoms with van der Waals surface area (Å²) in [5.74, 6) is 0.725. The zero-order valence-corrected chi connectivity index (χ0v) is 17.4. The van der Waals surface area contributed by atoms with Gasteiger partial charge in [0.15, 0.2) is 11.5 Å². The Balaban J connectivity index is 1.55. The first-order chi connectivity index (χ1) is 14.9. The molecule has 0 unspecified atom stereocenters. The summed E-state index contributed by atoms with van der Waals surface area (Å²) in [6.45, 7) is 3.36. The number of hydrogen-bond donors (Lipinski definition) is 1. The van der Waals surface area contributed by atoms with E-state index >= 15 is 0 Å². The lowest BCUT2D eigenvalue weighted by atomic mass is 10.2. The first kappa shape index (κ1) is 22.0. The van der Waals surface area contributed by atoms with Gasteiger partial charge in [-0.2, -0.15) is 0 Å². The Hall–Kier alpha value is -3.66. The van der Waals surface area contributed by atoms with Gasteiger partial charge in [0.1, 0.15) is 13.2 Å². The second-order valence-electron chi connectivity index (χ2n) is 6.94. The smallest absolute Gasteiger partial charge is 0.269 e. The minimum Gasteiger partial charge on any atom is -0.486 e. The van der Waals surface area contributed by atoms with E-state index < -0.39 is 4.92 Å². The van der Waals surface area contributed by atoms with Crippen molar-refractivity contribution in [2.24, 2.45) is 0 Å². The Morgan fingerprint density at radius 2 is 1.74 bits per heavy atom. The first-order valence-electron chi connectivity index (χ1n) is 9.80. The van der Waals surface area contributed by atoms with Crippen LogP contribution in [-0.2, 0) is 9.59 Å². The first-order valence-corrected chi connectivity index (χ1v) is 9.80. The van der Waals surface area contributed by atoms with Crippen molar-refractivity contribution < 1.29 is 24.0 Å². The molecule has 2 amide bonds. The summed E-state index contributed by atoms with van der Waals surface area (Å²) >= 11 is 0. The van der Waals surface area contributed by atoms with Gasteiger partial charge in [-0.15, -0.1) is 0 Å². The van der Waals surface area contributed by atoms with Gasteiger partial charge in [0, 0.05) is 36.6 Å². The fourth-order valence-electron chi connectivity index (χ4n) is 3.04. The standard InChI is InChI=1S/C21H24N4O6/c1-3-24(14-21(27)23(2)16-5-7-17(8-6-16)25(28)29)13-20(26)22-15-4-9-18-19(12-15)31-11-10-30-18/h4-9,12H,3,10-11,13-14H2,1-2H3,(H,22,26). The Morgan fingerprint density at radius 1 is 1.06 bits per heavy atom. The van der Waals surface area contributed by atoms with E-state index in [-0.39, 0.29) is 30.6 Å². The molecule has 1 aliphatic rings. The van der Waals surface area contributed by atoms with Crippen LogP contribution in [0.2, 0.25) is 0 Å². The van der Waals surface area contributed by atoms with Crippen molar-refractivity contribution in [1.29, 1.82) is 0 Å². The highest BCUT2D eigenvalue weighted by Crippen LogP contribution is 2.32. The highest BCUT2D eigenvalue weighted by atomic mass is 16.6. The van der Waals surface area contributed by atoms with E-state index in [2.05, 4.69) is 5.32 Å². The third-order valence-corrected chi connectivity index (χ3v) is 4.82. The van der Waals surface area contributed by atoms with Crippen LogP contribution >= 0.6 is 0 Å². The molecule has 1 N–H and O–H groups in total. The minimum absolute atomic E-state index is 0.0263. The SMILES string of the molecule is CCN(CC(=O)Nc1ccc2c(c1)OCCO2)CC(=O)N(C)c1ccc([N+](=O)[O-])cc1. The predicted octanol–water partition coefficient (Wildman–Crippen LogP) is 2.29. The van der Waals surface area contributed by atoms with Crippen molar-refractivity contribution in [1.82, 2.24) is 4.90 Å². The number of anilines is 2. The van der Waals surface area contributed by atoms with Gasteiger partial charge in [-0.3, -0.25) is 24.6 Å². The highest BCUT2D eigenvalue weighted by molar-refractivity contribution is 5.96. The average molecular weight is 428 g/mol. The number of nitro groups is 1. The molecule has 1 heterocycles. The molecule has 3 rings (SSSR count). The number of nitro benzene ring substituents is 1. The van der Waals surface area contributed by atoms with E-state index in [4.69, 9.17) is 9.47 Å². The van der Waals surface area contributed by atoms with Gasteiger partial charge in [-0.05, 0) is 30.8 Å². The van der Waals surface area contributed by atoms with Crippen LogP contribution < -0.4 is 19.7 Å². The number of rotatable bonds is 8. The second kappa shape index (κ2) is 9.90. The molecule has 0 spiro atoms. The summed E-state index contributed by atoms with van der Waals surface area (Å²) in [5.41, 5.74) is 1.07. The number of amides is 2. The van der Waals surface area contributed by atoms with Gasteiger partial charge in [-0.25, -0.2) is 0 Å². The Labute approximate surface area is 179 Å². The molecule has 10 nitrogen and oxygen atoms in total. The lowest BCUT2D eigenvalue weighted by molar-refractivity contribution is -0.384. The van der Waals surface area contributed by atoms with Gasteiger partial charge in [0.05, 0.1) is 18.0 Å². The zero-order chi connectivity index (χ0) is 22.4. The molecule has 1 aliphatic heterocycles. The maximum absolute atomic E-state index is 12.6. The van der Waals surface area contributed by atoms with Gasteiger partial charge >= 0.3 is 0 Å². The van der Waals surface area contributed by atoms with Gasteiger partial charge in [0.2, 0.25) is 11.8 Å². The van der Waals surface area contributed by atoms with Crippen molar-refractivity contribution in [2.75, 3.05) is 50.1 Å². The van der Waals surface area contributed by atoms with Crippen molar-refractivity contribution in [3.05, 3.63) is 52.6 Å². The largest absolute Gasteiger partial charge is 0.486 e. The monoisotopic (exact) mass is 428 g/mol. The van der Waals surface area contributed by atoms with E-state index in [0.717, 1.165) is 0 Å². The van der Waals surface area contributed by atoms with E-state index in [9.17, 15) is 19.7 Å². The predicted molar refractivity (Wildman–Crippen MR) is 115 cm³/mol. The number of benzene rings is 2. The fourth-order valence-corrected chi connectivity index (χ4v) is 3.04. The molecule has 0 radical (unpaired) electrons. The van der Waals surface area contributed by atoms with E-state index in [1.165, 1.54) is 29.2 Å². The maximum atomic E-state index is 12.6. The van der Waals surface area contributed by atoms with Crippen LogP contribution in [0.1, 0.15) is 6.92 Å². The maximum Gasteiger partial charge on any atom is 0.269 e. The van der Waals surface area contributed by atoms with Gasteiger partial charge < -0.3 is 19.7 Å². The molecule has 10 heteroatoms. The van der Waals surface area contributed by atoms with Crippen molar-refractivity contribution in [3.8, 4) is 11.5 Å². The number of nitrogens with zero attached hydrogens (tertiary/aromatic N) is 3. The third-order valence-electron chi connectivity index (χ3n) is 4.82. The summed E-state index contributed by atoms with van der Waals surface area (Å²) in [6.07, 6.45) is 0. The number of carbonyl (C=O) groups is 2. The van der Waals surface area contributed by atoms with Crippen LogP contribution in [0.15, 0.2) is 42.5 Å². The van der Waals surface area contributed by atoms with Crippen LogP contribution in [0, 0.1) is 10.1 Å². The Morgan fingerprint density at radius 3 is 2.39 bits per heavy atom. The Bertz CT molecular complexity index is 963. The molecular weight excluding hydrogens is 404 g/mol. The average Bonchev–Trinajstić information content (AvgIpc) is 2.77. The van der Waals surface area contributed by atoms with Crippen LogP contribution in [0.4, 0.5) is 17.1 Å². The normalized spacial score (nSPS) is 12.4. The van der Waals surface area contributed by atoms with E-state index in [1.54, 1.807) is 30.1 Å². The molecule has 0 bridgehead atoms. The molecule has 0 aromatic heterocycles. The van der Waals surface area contributed by atoms with Crippen LogP contribution in [-0.4, -0.2) is 61.5 Å². The molecule has 2 aromatic carbocycles. The molecule has 0 saturated heterocycles. The number of nitrogens with one attached hydrogen (secondary N) is 1. The lowest BCUT2D eigenvalue weighted by Gasteiger charge is -2.24. The lowest BCUT2D eigenvalue weighted by Crippen LogP contribution is -2.41. The summed E-state index contributed by atoms with van der Waals surface area (Å²) in [7, 11) is 1.59. The van der Waals surface area contributed by atoms with Crippen LogP contribution in [0.25, 0.3) is 0 Å². The number of likely N-dealkylation sites (N-methyl/N-ethyl adjacent to an activating group) is 2. The molecule has 2 aromatic rings. The minimum atomic E-state index is -0.495. The number of hydrogen-bond acceptors (Lipinski definition) is 7. The molecule has 0 aliphatic carbocycles. The summed E-state index contributed by atoms with van der Waals surface area (Å²) in [4.78, 5) is 38.5. The number of non-ortho nitro benzene ring substituents is 1. The van der Waals surface area contributed by atoms with Crippen LogP contribution in [0.3, 0.4) is 0 Å². The van der Waals surface area contributed by atoms with Gasteiger partial charge in [-0.1, -0.05) is 6.92 Å². The van der Waals surface area contributed by atoms with Crippen molar-refractivity contribution in [3.63, 3.8) is 0 Å². The third kappa shape index (κ3) is 5.70. The molecular formula is C21H24N4O6.